The van der Waals surface area contributed by atoms with Gasteiger partial charge in [-0.15, -0.1) is 0 Å². The summed E-state index contributed by atoms with van der Waals surface area (Å²) in [4.78, 5) is 28.5. The molecule has 3 rings (SSSR count). The molecule has 154 valence electrons. The van der Waals surface area contributed by atoms with Crippen molar-refractivity contribution in [1.29, 1.82) is 0 Å². The molecule has 1 unspecified atom stereocenters. The van der Waals surface area contributed by atoms with Gasteiger partial charge in [0.05, 0.1) is 17.5 Å². The molecule has 5 nitrogen and oxygen atoms in total. The third kappa shape index (κ3) is 5.48. The second-order valence-corrected chi connectivity index (χ2v) is 7.78. The van der Waals surface area contributed by atoms with E-state index in [1.54, 1.807) is 15.9 Å². The third-order valence-electron chi connectivity index (χ3n) is 5.18. The summed E-state index contributed by atoms with van der Waals surface area (Å²) in [5, 5.41) is 2.94. The molecule has 0 spiro atoms. The maximum atomic E-state index is 13.3. The van der Waals surface area contributed by atoms with Gasteiger partial charge in [-0.25, -0.2) is 9.18 Å². The lowest BCUT2D eigenvalue weighted by molar-refractivity contribution is -0.131. The standard InChI is InChI=1S/C22H25ClFN3O2/c1-15-3-5-17(6-4-15)13-21(28)26-9-11-27(12-10-26)22(29)25-16(2)18-7-8-20(24)19(23)14-18/h3-8,14,16H,9-13H2,1-2H3,(H,25,29). The van der Waals surface area contributed by atoms with Crippen LogP contribution in [0.25, 0.3) is 0 Å². The molecule has 0 aromatic heterocycles. The number of carbonyl (C=O) groups is 2. The molecule has 3 amide bonds. The first-order chi connectivity index (χ1) is 13.8. The van der Waals surface area contributed by atoms with Crippen LogP contribution in [0.3, 0.4) is 0 Å². The maximum absolute atomic E-state index is 13.3. The van der Waals surface area contributed by atoms with E-state index in [-0.39, 0.29) is 23.0 Å². The predicted molar refractivity (Wildman–Crippen MR) is 111 cm³/mol. The summed E-state index contributed by atoms with van der Waals surface area (Å²) < 4.78 is 13.3. The van der Waals surface area contributed by atoms with Crippen molar-refractivity contribution < 1.29 is 14.0 Å². The van der Waals surface area contributed by atoms with Gasteiger partial charge < -0.3 is 15.1 Å². The number of hydrogen-bond acceptors (Lipinski definition) is 2. The Balaban J connectivity index is 1.49. The van der Waals surface area contributed by atoms with E-state index in [1.807, 2.05) is 38.1 Å². The molecule has 1 fully saturated rings. The highest BCUT2D eigenvalue weighted by Crippen LogP contribution is 2.21. The normalized spacial score (nSPS) is 15.2. The Morgan fingerprint density at radius 1 is 1.07 bits per heavy atom. The lowest BCUT2D eigenvalue weighted by Gasteiger charge is -2.35. The van der Waals surface area contributed by atoms with Crippen molar-refractivity contribution in [1.82, 2.24) is 15.1 Å². The Hall–Kier alpha value is -2.60. The molecule has 0 radical (unpaired) electrons. The summed E-state index contributed by atoms with van der Waals surface area (Å²) in [5.74, 6) is -0.413. The average molecular weight is 418 g/mol. The Bertz CT molecular complexity index is 880. The van der Waals surface area contributed by atoms with Crippen LogP contribution >= 0.6 is 11.6 Å². The Labute approximate surface area is 175 Å². The van der Waals surface area contributed by atoms with Crippen LogP contribution < -0.4 is 5.32 Å². The molecule has 1 N–H and O–H groups in total. The van der Waals surface area contributed by atoms with Crippen molar-refractivity contribution in [2.24, 2.45) is 0 Å². The second-order valence-electron chi connectivity index (χ2n) is 7.37. The van der Waals surface area contributed by atoms with Gasteiger partial charge in [0.1, 0.15) is 5.82 Å². The summed E-state index contributed by atoms with van der Waals surface area (Å²) in [6.07, 6.45) is 0.370. The number of hydrogen-bond donors (Lipinski definition) is 1. The van der Waals surface area contributed by atoms with Crippen LogP contribution in [0.2, 0.25) is 5.02 Å². The van der Waals surface area contributed by atoms with E-state index in [0.29, 0.717) is 32.6 Å². The molecule has 0 bridgehead atoms. The van der Waals surface area contributed by atoms with Gasteiger partial charge in [0, 0.05) is 26.2 Å². The largest absolute Gasteiger partial charge is 0.339 e. The Morgan fingerprint density at radius 3 is 2.31 bits per heavy atom. The minimum atomic E-state index is -0.486. The van der Waals surface area contributed by atoms with Crippen molar-refractivity contribution >= 4 is 23.5 Å². The van der Waals surface area contributed by atoms with E-state index in [2.05, 4.69) is 5.32 Å². The van der Waals surface area contributed by atoms with Gasteiger partial charge in [-0.05, 0) is 37.1 Å². The second kappa shape index (κ2) is 9.27. The maximum Gasteiger partial charge on any atom is 0.317 e. The van der Waals surface area contributed by atoms with Crippen molar-refractivity contribution in [3.63, 3.8) is 0 Å². The van der Waals surface area contributed by atoms with Gasteiger partial charge in [-0.3, -0.25) is 4.79 Å². The number of benzene rings is 2. The summed E-state index contributed by atoms with van der Waals surface area (Å²) in [6, 6.07) is 11.8. The average Bonchev–Trinajstić information content (AvgIpc) is 2.71. The highest BCUT2D eigenvalue weighted by Gasteiger charge is 2.25. The van der Waals surface area contributed by atoms with Gasteiger partial charge in [0.15, 0.2) is 0 Å². The van der Waals surface area contributed by atoms with E-state index in [0.717, 1.165) is 16.7 Å². The Morgan fingerprint density at radius 2 is 1.69 bits per heavy atom. The van der Waals surface area contributed by atoms with Crippen LogP contribution in [0.1, 0.15) is 29.7 Å². The van der Waals surface area contributed by atoms with Crippen molar-refractivity contribution in [2.75, 3.05) is 26.2 Å². The van der Waals surface area contributed by atoms with E-state index < -0.39 is 5.82 Å². The molecular formula is C22H25ClFN3O2. The van der Waals surface area contributed by atoms with Crippen LogP contribution in [-0.2, 0) is 11.2 Å². The zero-order valence-electron chi connectivity index (χ0n) is 16.6. The molecule has 1 aliphatic heterocycles. The molecular weight excluding hydrogens is 393 g/mol. The quantitative estimate of drug-likeness (QED) is 0.819. The minimum Gasteiger partial charge on any atom is -0.339 e. The summed E-state index contributed by atoms with van der Waals surface area (Å²) in [7, 11) is 0. The van der Waals surface area contributed by atoms with Gasteiger partial charge in [-0.2, -0.15) is 0 Å². The van der Waals surface area contributed by atoms with Gasteiger partial charge >= 0.3 is 6.03 Å². The fraction of sp³-hybridized carbons (Fsp3) is 0.364. The number of amides is 3. The van der Waals surface area contributed by atoms with Crippen molar-refractivity contribution in [2.45, 2.75) is 26.3 Å². The van der Waals surface area contributed by atoms with Crippen molar-refractivity contribution in [3.8, 4) is 0 Å². The smallest absolute Gasteiger partial charge is 0.317 e. The molecule has 1 heterocycles. The van der Waals surface area contributed by atoms with E-state index in [1.165, 1.54) is 12.1 Å². The number of aryl methyl sites for hydroxylation is 1. The highest BCUT2D eigenvalue weighted by molar-refractivity contribution is 6.30. The first-order valence-electron chi connectivity index (χ1n) is 9.67. The minimum absolute atomic E-state index is 0.0318. The van der Waals surface area contributed by atoms with Crippen LogP contribution in [0.4, 0.5) is 9.18 Å². The topological polar surface area (TPSA) is 52.7 Å². The zero-order valence-corrected chi connectivity index (χ0v) is 17.4. The predicted octanol–water partition coefficient (Wildman–Crippen LogP) is 3.95. The number of nitrogens with one attached hydrogen (secondary N) is 1. The SMILES string of the molecule is Cc1ccc(CC(=O)N2CCN(C(=O)NC(C)c3ccc(F)c(Cl)c3)CC2)cc1. The fourth-order valence-corrected chi connectivity index (χ4v) is 3.48. The summed E-state index contributed by atoms with van der Waals surface area (Å²) >= 11 is 5.82. The third-order valence-corrected chi connectivity index (χ3v) is 5.47. The van der Waals surface area contributed by atoms with Crippen LogP contribution in [0.5, 0.6) is 0 Å². The van der Waals surface area contributed by atoms with E-state index in [4.69, 9.17) is 11.6 Å². The number of nitrogens with zero attached hydrogens (tertiary/aromatic N) is 2. The molecule has 0 saturated carbocycles. The molecule has 7 heteroatoms. The summed E-state index contributed by atoms with van der Waals surface area (Å²) in [5.41, 5.74) is 2.89. The number of rotatable bonds is 4. The number of halogens is 2. The highest BCUT2D eigenvalue weighted by atomic mass is 35.5. The lowest BCUT2D eigenvalue weighted by atomic mass is 10.1. The lowest BCUT2D eigenvalue weighted by Crippen LogP contribution is -2.53. The van der Waals surface area contributed by atoms with Crippen LogP contribution in [-0.4, -0.2) is 47.9 Å². The Kier molecular flexibility index (Phi) is 6.75. The molecule has 2 aromatic carbocycles. The molecule has 29 heavy (non-hydrogen) atoms. The molecule has 1 aliphatic rings. The molecule has 1 saturated heterocycles. The van der Waals surface area contributed by atoms with Crippen LogP contribution in [0.15, 0.2) is 42.5 Å². The fourth-order valence-electron chi connectivity index (χ4n) is 3.29. The number of carbonyl (C=O) groups excluding carboxylic acids is 2. The first-order valence-corrected chi connectivity index (χ1v) is 10.0. The molecule has 2 aromatic rings. The van der Waals surface area contributed by atoms with Gasteiger partial charge in [0.25, 0.3) is 0 Å². The number of urea groups is 1. The molecule has 0 aliphatic carbocycles. The monoisotopic (exact) mass is 417 g/mol. The number of piperazine rings is 1. The zero-order chi connectivity index (χ0) is 21.0. The van der Waals surface area contributed by atoms with Crippen molar-refractivity contribution in [3.05, 3.63) is 70.0 Å². The van der Waals surface area contributed by atoms with Crippen LogP contribution in [0, 0.1) is 12.7 Å². The van der Waals surface area contributed by atoms with E-state index in [9.17, 15) is 14.0 Å². The first kappa shape index (κ1) is 21.1. The van der Waals surface area contributed by atoms with E-state index >= 15 is 0 Å². The summed E-state index contributed by atoms with van der Waals surface area (Å²) in [6.45, 7) is 5.80. The van der Waals surface area contributed by atoms with Gasteiger partial charge in [0.2, 0.25) is 5.91 Å². The molecule has 1 atom stereocenters. The van der Waals surface area contributed by atoms with Gasteiger partial charge in [-0.1, -0.05) is 47.5 Å².